The van der Waals surface area contributed by atoms with Crippen molar-refractivity contribution in [1.29, 1.82) is 0 Å². The van der Waals surface area contributed by atoms with Gasteiger partial charge < -0.3 is 24.8 Å². The zero-order valence-corrected chi connectivity index (χ0v) is 18.0. The largest absolute Gasteiger partial charge is 0.504 e. The number of nitrogens with zero attached hydrogens (tertiary/aromatic N) is 1. The fraction of sp³-hybridized carbons (Fsp3) is 0.120. The molecule has 4 rings (SSSR count). The maximum atomic E-state index is 12.4. The Hall–Kier alpha value is -4.46. The number of hydrogen-bond donors (Lipinski definition) is 4. The van der Waals surface area contributed by atoms with Crippen molar-refractivity contribution in [2.75, 3.05) is 14.2 Å². The van der Waals surface area contributed by atoms with E-state index in [1.165, 1.54) is 18.3 Å². The number of aromatic amines is 1. The second-order valence-electron chi connectivity index (χ2n) is 7.34. The highest BCUT2D eigenvalue weighted by atomic mass is 16.5. The molecule has 168 valence electrons. The van der Waals surface area contributed by atoms with Crippen LogP contribution < -0.4 is 15.0 Å². The first-order valence-electron chi connectivity index (χ1n) is 10.0. The number of rotatable bonds is 6. The normalized spacial score (nSPS) is 11.2. The number of H-pyrrole nitrogens is 1. The number of phenolic OH excluding ortho intramolecular Hbond substituents is 2. The van der Waals surface area contributed by atoms with E-state index in [0.29, 0.717) is 33.4 Å². The first-order chi connectivity index (χ1) is 15.9. The molecule has 33 heavy (non-hydrogen) atoms. The standard InChI is InChI=1S/C25H22N2O6/c1-32-22-8-5-16(11-23(22)33-2)15-4-6-17-18(10-15)19(25(31)27-24(17)30)13-26-12-14-3-7-20(28)21(29)9-14/h3-11,13,28-29H,12H2,1-2H3,(H2,27,30,31). The van der Waals surface area contributed by atoms with Gasteiger partial charge in [-0.1, -0.05) is 18.2 Å². The summed E-state index contributed by atoms with van der Waals surface area (Å²) in [5.41, 5.74) is 2.26. The van der Waals surface area contributed by atoms with Crippen molar-refractivity contribution in [3.05, 3.63) is 76.1 Å². The molecule has 0 bridgehead atoms. The van der Waals surface area contributed by atoms with Gasteiger partial charge in [-0.05, 0) is 53.1 Å². The molecule has 4 N–H and O–H groups in total. The van der Waals surface area contributed by atoms with Crippen molar-refractivity contribution in [3.8, 4) is 40.0 Å². The number of nitrogens with one attached hydrogen (secondary N) is 1. The summed E-state index contributed by atoms with van der Waals surface area (Å²) in [7, 11) is 3.12. The minimum atomic E-state index is -0.415. The third-order valence-corrected chi connectivity index (χ3v) is 5.29. The van der Waals surface area contributed by atoms with Crippen LogP contribution in [0.25, 0.3) is 21.9 Å². The number of aliphatic imine (C=N–C) groups is 1. The molecule has 3 aromatic carbocycles. The fourth-order valence-electron chi connectivity index (χ4n) is 3.57. The molecule has 1 aromatic heterocycles. The number of aromatic nitrogens is 1. The first kappa shape index (κ1) is 21.8. The Balaban J connectivity index is 1.76. The van der Waals surface area contributed by atoms with Crippen LogP contribution in [-0.4, -0.2) is 40.7 Å². The first-order valence-corrected chi connectivity index (χ1v) is 10.0. The number of fused-ring (bicyclic) bond motifs is 1. The van der Waals surface area contributed by atoms with Gasteiger partial charge >= 0.3 is 0 Å². The molecule has 0 aliphatic rings. The number of aromatic hydroxyl groups is 3. The van der Waals surface area contributed by atoms with Crippen molar-refractivity contribution in [1.82, 2.24) is 4.98 Å². The van der Waals surface area contributed by atoms with Crippen molar-refractivity contribution in [3.63, 3.8) is 0 Å². The van der Waals surface area contributed by atoms with Crippen LogP contribution in [0.4, 0.5) is 0 Å². The Morgan fingerprint density at radius 1 is 0.848 bits per heavy atom. The van der Waals surface area contributed by atoms with E-state index in [2.05, 4.69) is 9.98 Å². The van der Waals surface area contributed by atoms with Gasteiger partial charge in [-0.25, -0.2) is 0 Å². The predicted molar refractivity (Wildman–Crippen MR) is 126 cm³/mol. The molecule has 0 spiro atoms. The molecule has 1 heterocycles. The maximum Gasteiger partial charge on any atom is 0.258 e. The smallest absolute Gasteiger partial charge is 0.258 e. The lowest BCUT2D eigenvalue weighted by Gasteiger charge is -2.11. The van der Waals surface area contributed by atoms with E-state index in [1.807, 2.05) is 18.2 Å². The topological polar surface area (TPSA) is 124 Å². The zero-order chi connectivity index (χ0) is 23.5. The SMILES string of the molecule is COc1ccc(-c2ccc3c(=O)[nH]c(O)c(C=NCc4ccc(O)c(O)c4)c3c2)cc1OC. The zero-order valence-electron chi connectivity index (χ0n) is 18.0. The van der Waals surface area contributed by atoms with Gasteiger partial charge in [0.1, 0.15) is 0 Å². The third-order valence-electron chi connectivity index (χ3n) is 5.29. The minimum absolute atomic E-state index is 0.198. The van der Waals surface area contributed by atoms with E-state index in [-0.39, 0.29) is 23.9 Å². The molecule has 0 aliphatic heterocycles. The Labute approximate surface area is 189 Å². The molecule has 8 heteroatoms. The average Bonchev–Trinajstić information content (AvgIpc) is 2.82. The minimum Gasteiger partial charge on any atom is -0.504 e. The Morgan fingerprint density at radius 2 is 1.58 bits per heavy atom. The van der Waals surface area contributed by atoms with Crippen LogP contribution in [0.15, 0.2) is 64.4 Å². The average molecular weight is 446 g/mol. The number of benzene rings is 3. The molecule has 0 aliphatic carbocycles. The molecule has 0 amide bonds. The van der Waals surface area contributed by atoms with E-state index in [0.717, 1.165) is 11.1 Å². The van der Waals surface area contributed by atoms with Crippen LogP contribution in [0.3, 0.4) is 0 Å². The van der Waals surface area contributed by atoms with Crippen LogP contribution in [0.5, 0.6) is 28.9 Å². The van der Waals surface area contributed by atoms with Crippen LogP contribution in [0.2, 0.25) is 0 Å². The monoisotopic (exact) mass is 446 g/mol. The Morgan fingerprint density at radius 3 is 2.30 bits per heavy atom. The van der Waals surface area contributed by atoms with Gasteiger partial charge in [-0.15, -0.1) is 0 Å². The molecule has 0 unspecified atom stereocenters. The molecular formula is C25H22N2O6. The van der Waals surface area contributed by atoms with Gasteiger partial charge in [0.2, 0.25) is 5.88 Å². The van der Waals surface area contributed by atoms with Gasteiger partial charge in [0.05, 0.1) is 26.3 Å². The summed E-state index contributed by atoms with van der Waals surface area (Å²) in [6.07, 6.45) is 1.47. The van der Waals surface area contributed by atoms with Gasteiger partial charge in [0.25, 0.3) is 5.56 Å². The lowest BCUT2D eigenvalue weighted by molar-refractivity contribution is 0.355. The summed E-state index contributed by atoms with van der Waals surface area (Å²) in [6, 6.07) is 15.2. The summed E-state index contributed by atoms with van der Waals surface area (Å²) in [5, 5.41) is 30.4. The molecule has 4 aromatic rings. The second-order valence-corrected chi connectivity index (χ2v) is 7.34. The maximum absolute atomic E-state index is 12.4. The molecule has 0 fully saturated rings. The molecule has 0 saturated heterocycles. The molecule has 0 saturated carbocycles. The summed E-state index contributed by atoms with van der Waals surface area (Å²) in [6.45, 7) is 0.198. The van der Waals surface area contributed by atoms with Crippen molar-refractivity contribution in [2.45, 2.75) is 6.54 Å². The number of hydrogen-bond acceptors (Lipinski definition) is 7. The third kappa shape index (κ3) is 4.31. The van der Waals surface area contributed by atoms with Crippen molar-refractivity contribution in [2.24, 2.45) is 4.99 Å². The van der Waals surface area contributed by atoms with E-state index in [4.69, 9.17) is 9.47 Å². The summed E-state index contributed by atoms with van der Waals surface area (Å²) in [4.78, 5) is 19.2. The van der Waals surface area contributed by atoms with Crippen LogP contribution in [-0.2, 0) is 6.54 Å². The Kier molecular flexibility index (Phi) is 5.91. The number of ether oxygens (including phenoxy) is 2. The number of methoxy groups -OCH3 is 2. The van der Waals surface area contributed by atoms with E-state index < -0.39 is 5.56 Å². The van der Waals surface area contributed by atoms with Crippen molar-refractivity contribution < 1.29 is 24.8 Å². The highest BCUT2D eigenvalue weighted by Crippen LogP contribution is 2.34. The quantitative estimate of drug-likeness (QED) is 0.263. The molecule has 0 radical (unpaired) electrons. The van der Waals surface area contributed by atoms with Crippen LogP contribution in [0.1, 0.15) is 11.1 Å². The summed E-state index contributed by atoms with van der Waals surface area (Å²) in [5.74, 6) is 0.426. The van der Waals surface area contributed by atoms with E-state index in [1.54, 1.807) is 38.5 Å². The summed E-state index contributed by atoms with van der Waals surface area (Å²) >= 11 is 0. The van der Waals surface area contributed by atoms with Gasteiger partial charge in [0, 0.05) is 17.0 Å². The lowest BCUT2D eigenvalue weighted by atomic mass is 9.99. The summed E-state index contributed by atoms with van der Waals surface area (Å²) < 4.78 is 10.7. The number of pyridine rings is 1. The van der Waals surface area contributed by atoms with Gasteiger partial charge in [-0.3, -0.25) is 14.8 Å². The van der Waals surface area contributed by atoms with Gasteiger partial charge in [-0.2, -0.15) is 0 Å². The molecular weight excluding hydrogens is 424 g/mol. The van der Waals surface area contributed by atoms with Crippen molar-refractivity contribution >= 4 is 17.0 Å². The van der Waals surface area contributed by atoms with Gasteiger partial charge in [0.15, 0.2) is 23.0 Å². The Bertz CT molecular complexity index is 1420. The molecule has 0 atom stereocenters. The van der Waals surface area contributed by atoms with E-state index in [9.17, 15) is 20.1 Å². The highest BCUT2D eigenvalue weighted by molar-refractivity contribution is 6.02. The van der Waals surface area contributed by atoms with E-state index >= 15 is 0 Å². The van der Waals surface area contributed by atoms with Crippen LogP contribution >= 0.6 is 0 Å². The second kappa shape index (κ2) is 8.96. The highest BCUT2D eigenvalue weighted by Gasteiger charge is 2.12. The van der Waals surface area contributed by atoms with Crippen LogP contribution in [0, 0.1) is 0 Å². The number of phenols is 2. The fourth-order valence-corrected chi connectivity index (χ4v) is 3.57. The predicted octanol–water partition coefficient (Wildman–Crippen LogP) is 3.95. The molecule has 8 nitrogen and oxygen atoms in total. The lowest BCUT2D eigenvalue weighted by Crippen LogP contribution is -2.08.